The minimum atomic E-state index is 0.612. The van der Waals surface area contributed by atoms with Crippen LogP contribution in [0.15, 0.2) is 52.3 Å². The quantitative estimate of drug-likeness (QED) is 0.884. The predicted octanol–water partition coefficient (Wildman–Crippen LogP) is 3.91. The average Bonchev–Trinajstić information content (AvgIpc) is 2.29. The Labute approximate surface area is 107 Å². The molecule has 0 amide bonds. The molecule has 0 saturated carbocycles. The lowest BCUT2D eigenvalue weighted by Gasteiger charge is -2.07. The van der Waals surface area contributed by atoms with Crippen molar-refractivity contribution in [2.24, 2.45) is 5.73 Å². The van der Waals surface area contributed by atoms with Crippen LogP contribution < -0.4 is 5.73 Å². The van der Waals surface area contributed by atoms with Crippen LogP contribution in [0.25, 0.3) is 0 Å². The van der Waals surface area contributed by atoms with Crippen LogP contribution >= 0.6 is 11.8 Å². The fraction of sp³-hybridized carbons (Fsp3) is 0.200. The lowest BCUT2D eigenvalue weighted by Crippen LogP contribution is -1.98. The number of nitrogens with two attached hydrogens (primary N) is 1. The van der Waals surface area contributed by atoms with Gasteiger partial charge in [0.25, 0.3) is 0 Å². The molecule has 0 radical (unpaired) electrons. The van der Waals surface area contributed by atoms with Gasteiger partial charge in [-0.3, -0.25) is 0 Å². The molecule has 2 heteroatoms. The van der Waals surface area contributed by atoms with E-state index in [0.717, 1.165) is 0 Å². The zero-order valence-electron chi connectivity index (χ0n) is 10.2. The average molecular weight is 243 g/mol. The van der Waals surface area contributed by atoms with Crippen LogP contribution in [0.1, 0.15) is 16.7 Å². The predicted molar refractivity (Wildman–Crippen MR) is 74.4 cm³/mol. The number of benzene rings is 2. The third-order valence-electron chi connectivity index (χ3n) is 2.76. The van der Waals surface area contributed by atoms with Gasteiger partial charge in [0.15, 0.2) is 0 Å². The summed E-state index contributed by atoms with van der Waals surface area (Å²) in [6, 6.07) is 15.0. The SMILES string of the molecule is Cc1cccc(Sc2ccc(CN)c(C)c2)c1. The molecule has 17 heavy (non-hydrogen) atoms. The summed E-state index contributed by atoms with van der Waals surface area (Å²) in [7, 11) is 0. The molecular formula is C15H17NS. The van der Waals surface area contributed by atoms with E-state index in [0.29, 0.717) is 6.54 Å². The van der Waals surface area contributed by atoms with Crippen LogP contribution in [-0.2, 0) is 6.54 Å². The first-order valence-corrected chi connectivity index (χ1v) is 6.55. The molecule has 0 aromatic heterocycles. The Morgan fingerprint density at radius 1 is 1.00 bits per heavy atom. The van der Waals surface area contributed by atoms with Gasteiger partial charge < -0.3 is 5.73 Å². The first-order valence-electron chi connectivity index (χ1n) is 5.73. The highest BCUT2D eigenvalue weighted by Crippen LogP contribution is 2.29. The molecule has 1 nitrogen and oxygen atoms in total. The lowest BCUT2D eigenvalue weighted by molar-refractivity contribution is 1.04. The second-order valence-electron chi connectivity index (χ2n) is 4.21. The van der Waals surface area contributed by atoms with E-state index in [4.69, 9.17) is 5.73 Å². The summed E-state index contributed by atoms with van der Waals surface area (Å²) in [6.45, 7) is 4.84. The Morgan fingerprint density at radius 2 is 1.76 bits per heavy atom. The zero-order valence-corrected chi connectivity index (χ0v) is 11.1. The second-order valence-corrected chi connectivity index (χ2v) is 5.36. The van der Waals surface area contributed by atoms with E-state index in [1.54, 1.807) is 11.8 Å². The highest BCUT2D eigenvalue weighted by molar-refractivity contribution is 7.99. The maximum atomic E-state index is 5.67. The van der Waals surface area contributed by atoms with Gasteiger partial charge in [-0.05, 0) is 49.2 Å². The van der Waals surface area contributed by atoms with Crippen LogP contribution in [0, 0.1) is 13.8 Å². The Hall–Kier alpha value is -1.25. The molecule has 0 bridgehead atoms. The third kappa shape index (κ3) is 3.11. The fourth-order valence-corrected chi connectivity index (χ4v) is 2.81. The van der Waals surface area contributed by atoms with E-state index >= 15 is 0 Å². The van der Waals surface area contributed by atoms with Crippen molar-refractivity contribution in [2.75, 3.05) is 0 Å². The lowest BCUT2D eigenvalue weighted by atomic mass is 10.1. The standard InChI is InChI=1S/C15H17NS/c1-11-4-3-5-14(8-11)17-15-7-6-13(10-16)12(2)9-15/h3-9H,10,16H2,1-2H3. The van der Waals surface area contributed by atoms with E-state index in [9.17, 15) is 0 Å². The molecule has 0 aliphatic carbocycles. The first-order chi connectivity index (χ1) is 8.19. The van der Waals surface area contributed by atoms with E-state index in [2.05, 4.69) is 56.3 Å². The van der Waals surface area contributed by atoms with E-state index in [1.165, 1.54) is 26.5 Å². The van der Waals surface area contributed by atoms with Crippen molar-refractivity contribution in [3.05, 3.63) is 59.2 Å². The van der Waals surface area contributed by atoms with Gasteiger partial charge in [0.2, 0.25) is 0 Å². The summed E-state index contributed by atoms with van der Waals surface area (Å²) in [5.41, 5.74) is 9.45. The van der Waals surface area contributed by atoms with Crippen LogP contribution in [0.2, 0.25) is 0 Å². The Morgan fingerprint density at radius 3 is 2.41 bits per heavy atom. The smallest absolute Gasteiger partial charge is 0.0180 e. The monoisotopic (exact) mass is 243 g/mol. The maximum Gasteiger partial charge on any atom is 0.0180 e. The summed E-state index contributed by atoms with van der Waals surface area (Å²) < 4.78 is 0. The number of hydrogen-bond donors (Lipinski definition) is 1. The Balaban J connectivity index is 2.22. The van der Waals surface area contributed by atoms with Gasteiger partial charge in [-0.25, -0.2) is 0 Å². The summed E-state index contributed by atoms with van der Waals surface area (Å²) >= 11 is 1.79. The normalized spacial score (nSPS) is 10.5. The van der Waals surface area contributed by atoms with Gasteiger partial charge in [-0.15, -0.1) is 0 Å². The van der Waals surface area contributed by atoms with Gasteiger partial charge in [-0.1, -0.05) is 35.5 Å². The molecule has 2 N–H and O–H groups in total. The molecule has 88 valence electrons. The van der Waals surface area contributed by atoms with Gasteiger partial charge in [0.05, 0.1) is 0 Å². The van der Waals surface area contributed by atoms with Crippen molar-refractivity contribution >= 4 is 11.8 Å². The molecule has 0 fully saturated rings. The molecule has 2 aromatic rings. The molecule has 0 unspecified atom stereocenters. The molecule has 0 atom stereocenters. The van der Waals surface area contributed by atoms with Crippen LogP contribution in [0.3, 0.4) is 0 Å². The molecule has 0 aliphatic rings. The van der Waals surface area contributed by atoms with Crippen LogP contribution in [-0.4, -0.2) is 0 Å². The third-order valence-corrected chi connectivity index (χ3v) is 3.74. The summed E-state index contributed by atoms with van der Waals surface area (Å²) in [6.07, 6.45) is 0. The van der Waals surface area contributed by atoms with Gasteiger partial charge >= 0.3 is 0 Å². The highest BCUT2D eigenvalue weighted by atomic mass is 32.2. The van der Waals surface area contributed by atoms with Gasteiger partial charge in [0.1, 0.15) is 0 Å². The molecule has 0 spiro atoms. The van der Waals surface area contributed by atoms with Crippen molar-refractivity contribution in [1.82, 2.24) is 0 Å². The fourth-order valence-electron chi connectivity index (χ4n) is 1.78. The van der Waals surface area contributed by atoms with Crippen molar-refractivity contribution in [3.63, 3.8) is 0 Å². The molecule has 0 heterocycles. The molecule has 2 aromatic carbocycles. The number of aryl methyl sites for hydroxylation is 2. The van der Waals surface area contributed by atoms with Crippen molar-refractivity contribution in [1.29, 1.82) is 0 Å². The Kier molecular flexibility index (Phi) is 3.87. The first kappa shape index (κ1) is 12.2. The van der Waals surface area contributed by atoms with Crippen LogP contribution in [0.4, 0.5) is 0 Å². The summed E-state index contributed by atoms with van der Waals surface area (Å²) in [5.74, 6) is 0. The molecule has 0 aliphatic heterocycles. The van der Waals surface area contributed by atoms with E-state index in [-0.39, 0.29) is 0 Å². The number of rotatable bonds is 3. The van der Waals surface area contributed by atoms with Crippen molar-refractivity contribution in [2.45, 2.75) is 30.2 Å². The van der Waals surface area contributed by atoms with E-state index in [1.807, 2.05) is 0 Å². The summed E-state index contributed by atoms with van der Waals surface area (Å²) in [5, 5.41) is 0. The van der Waals surface area contributed by atoms with Crippen LogP contribution in [0.5, 0.6) is 0 Å². The minimum absolute atomic E-state index is 0.612. The molecule has 0 saturated heterocycles. The van der Waals surface area contributed by atoms with E-state index < -0.39 is 0 Å². The summed E-state index contributed by atoms with van der Waals surface area (Å²) in [4.78, 5) is 2.55. The van der Waals surface area contributed by atoms with Crippen molar-refractivity contribution < 1.29 is 0 Å². The second kappa shape index (κ2) is 5.39. The number of hydrogen-bond acceptors (Lipinski definition) is 2. The van der Waals surface area contributed by atoms with Gasteiger partial charge in [0, 0.05) is 16.3 Å². The maximum absolute atomic E-state index is 5.67. The zero-order chi connectivity index (χ0) is 12.3. The van der Waals surface area contributed by atoms with Crippen molar-refractivity contribution in [3.8, 4) is 0 Å². The van der Waals surface area contributed by atoms with Gasteiger partial charge in [-0.2, -0.15) is 0 Å². The largest absolute Gasteiger partial charge is 0.326 e. The Bertz CT molecular complexity index is 520. The molecule has 2 rings (SSSR count). The molecular weight excluding hydrogens is 226 g/mol. The highest BCUT2D eigenvalue weighted by Gasteiger charge is 2.01. The minimum Gasteiger partial charge on any atom is -0.326 e. The topological polar surface area (TPSA) is 26.0 Å².